The van der Waals surface area contributed by atoms with Crippen LogP contribution in [-0.2, 0) is 39.8 Å². The molecule has 24 heavy (non-hydrogen) atoms. The van der Waals surface area contributed by atoms with Crippen LogP contribution in [0.3, 0.4) is 0 Å². The molecular weight excluding hydrogens is 359 g/mol. The summed E-state index contributed by atoms with van der Waals surface area (Å²) in [6, 6.07) is 0. The van der Waals surface area contributed by atoms with Crippen molar-refractivity contribution in [2.45, 2.75) is 63.0 Å². The first-order chi connectivity index (χ1) is 11.3. The van der Waals surface area contributed by atoms with Crippen LogP contribution in [0.1, 0.15) is 20.3 Å². The van der Waals surface area contributed by atoms with Crippen molar-refractivity contribution in [2.24, 2.45) is 0 Å². The molecule has 0 aliphatic carbocycles. The van der Waals surface area contributed by atoms with Gasteiger partial charge >= 0.3 is 6.72 Å². The average Bonchev–Trinajstić information content (AvgIpc) is 3.00. The maximum atomic E-state index is 10.3. The summed E-state index contributed by atoms with van der Waals surface area (Å²) in [6.45, 7) is 0.421. The Balaban J connectivity index is 1.88. The zero-order valence-corrected chi connectivity index (χ0v) is 16.1. The summed E-state index contributed by atoms with van der Waals surface area (Å²) in [6.07, 6.45) is -2.30. The van der Waals surface area contributed by atoms with Crippen molar-refractivity contribution in [1.82, 2.24) is 0 Å². The Hall–Kier alpha value is 0.330. The number of methoxy groups -OCH3 is 2. The van der Waals surface area contributed by atoms with Crippen molar-refractivity contribution in [3.63, 3.8) is 0 Å². The third-order valence-electron chi connectivity index (χ3n) is 4.25. The quantitative estimate of drug-likeness (QED) is 0.581. The lowest BCUT2D eigenvalue weighted by atomic mass is 10.1. The van der Waals surface area contributed by atoms with E-state index in [1.54, 1.807) is 14.0 Å². The van der Waals surface area contributed by atoms with Crippen LogP contribution >= 0.6 is 6.72 Å². The lowest BCUT2D eigenvalue weighted by Crippen LogP contribution is -2.35. The zero-order chi connectivity index (χ0) is 17.9. The first kappa shape index (κ1) is 20.6. The molecular formula is C14H27O8PS. The number of aliphatic hydroxyl groups is 1. The molecule has 2 aliphatic rings. The summed E-state index contributed by atoms with van der Waals surface area (Å²) < 4.78 is 32.5. The van der Waals surface area contributed by atoms with Gasteiger partial charge in [-0.15, -0.1) is 0 Å². The highest BCUT2D eigenvalue weighted by molar-refractivity contribution is 8.07. The highest BCUT2D eigenvalue weighted by Crippen LogP contribution is 2.48. The summed E-state index contributed by atoms with van der Waals surface area (Å²) in [5, 5.41) is 10.2. The van der Waals surface area contributed by atoms with Gasteiger partial charge in [-0.1, -0.05) is 0 Å². The van der Waals surface area contributed by atoms with Gasteiger partial charge in [-0.3, -0.25) is 4.52 Å². The number of aliphatic hydroxyl groups excluding tert-OH is 1. The fourth-order valence-corrected chi connectivity index (χ4v) is 4.52. The molecule has 2 unspecified atom stereocenters. The Kier molecular flexibility index (Phi) is 7.58. The van der Waals surface area contributed by atoms with Crippen molar-refractivity contribution in [1.29, 1.82) is 0 Å². The molecule has 0 aromatic carbocycles. The fraction of sp³-hybridized carbons (Fsp3) is 1.00. The zero-order valence-electron chi connectivity index (χ0n) is 14.4. The van der Waals surface area contributed by atoms with Gasteiger partial charge in [-0.25, -0.2) is 0 Å². The summed E-state index contributed by atoms with van der Waals surface area (Å²) in [5.41, 5.74) is 0. The molecule has 0 aromatic rings. The first-order valence-electron chi connectivity index (χ1n) is 7.94. The van der Waals surface area contributed by atoms with Gasteiger partial charge in [0.1, 0.15) is 24.4 Å². The Labute approximate surface area is 147 Å². The third-order valence-corrected chi connectivity index (χ3v) is 5.81. The smallest absolute Gasteiger partial charge is 0.325 e. The largest absolute Gasteiger partial charge is 0.387 e. The summed E-state index contributed by atoms with van der Waals surface area (Å²) in [4.78, 5) is 10.3. The normalized spacial score (nSPS) is 42.3. The van der Waals surface area contributed by atoms with E-state index in [2.05, 4.69) is 0 Å². The minimum absolute atomic E-state index is 0.0564. The van der Waals surface area contributed by atoms with Crippen molar-refractivity contribution in [3.05, 3.63) is 0 Å². The van der Waals surface area contributed by atoms with Crippen molar-refractivity contribution < 1.29 is 38.0 Å². The molecule has 2 aliphatic heterocycles. The standard InChI is InChI=1S/C14H27O8PS/c1-8-5-10(18-4)11(20-8)7-19-23(16,24)22-14-9(2)21-12(6-17-3)13(14)15/h8-15H,5-7H2,1-4H3,(H,16,24)/t8-,9-,10-,11?,12+,13+,14-,23?/m0/s1. The Bertz CT molecular complexity index is 452. The van der Waals surface area contributed by atoms with Crippen molar-refractivity contribution in [2.75, 3.05) is 27.4 Å². The lowest BCUT2D eigenvalue weighted by Gasteiger charge is -2.26. The molecule has 2 fully saturated rings. The van der Waals surface area contributed by atoms with Crippen LogP contribution in [0.25, 0.3) is 0 Å². The molecule has 2 N–H and O–H groups in total. The van der Waals surface area contributed by atoms with Crippen molar-refractivity contribution >= 4 is 18.5 Å². The molecule has 8 nitrogen and oxygen atoms in total. The van der Waals surface area contributed by atoms with E-state index in [9.17, 15) is 10.00 Å². The van der Waals surface area contributed by atoms with Crippen LogP contribution in [0.2, 0.25) is 0 Å². The molecule has 0 spiro atoms. The molecule has 0 bridgehead atoms. The van der Waals surface area contributed by atoms with Gasteiger partial charge in [0, 0.05) is 20.6 Å². The first-order valence-corrected chi connectivity index (χ1v) is 10.5. The Morgan fingerprint density at radius 1 is 1.17 bits per heavy atom. The second-order valence-electron chi connectivity index (χ2n) is 6.15. The molecule has 0 aromatic heterocycles. The highest BCUT2D eigenvalue weighted by Gasteiger charge is 2.45. The van der Waals surface area contributed by atoms with Crippen LogP contribution in [-0.4, -0.2) is 80.2 Å². The minimum Gasteiger partial charge on any atom is -0.387 e. The van der Waals surface area contributed by atoms with Crippen LogP contribution in [0.15, 0.2) is 0 Å². The summed E-state index contributed by atoms with van der Waals surface area (Å²) in [5.74, 6) is 0. The summed E-state index contributed by atoms with van der Waals surface area (Å²) >= 11 is 5.06. The molecule has 0 amide bonds. The molecule has 0 radical (unpaired) electrons. The molecule has 10 heteroatoms. The number of hydrogen-bond donors (Lipinski definition) is 2. The maximum Gasteiger partial charge on any atom is 0.325 e. The summed E-state index contributed by atoms with van der Waals surface area (Å²) in [7, 11) is 3.12. The van der Waals surface area contributed by atoms with Crippen molar-refractivity contribution in [3.8, 4) is 0 Å². The second kappa shape index (κ2) is 8.81. The molecule has 0 saturated carbocycles. The van der Waals surface area contributed by atoms with E-state index in [1.807, 2.05) is 6.92 Å². The third kappa shape index (κ3) is 5.17. The molecule has 2 rings (SSSR count). The molecule has 2 heterocycles. The Morgan fingerprint density at radius 3 is 2.50 bits per heavy atom. The van der Waals surface area contributed by atoms with Gasteiger partial charge in [0.05, 0.1) is 31.5 Å². The van der Waals surface area contributed by atoms with E-state index in [4.69, 9.17) is 39.8 Å². The van der Waals surface area contributed by atoms with Crippen LogP contribution < -0.4 is 0 Å². The van der Waals surface area contributed by atoms with Gasteiger partial charge in [-0.05, 0) is 25.7 Å². The fourth-order valence-electron chi connectivity index (χ4n) is 3.04. The van der Waals surface area contributed by atoms with E-state index < -0.39 is 31.1 Å². The van der Waals surface area contributed by atoms with Gasteiger partial charge in [0.15, 0.2) is 0 Å². The predicted molar refractivity (Wildman–Crippen MR) is 89.3 cm³/mol. The highest BCUT2D eigenvalue weighted by atomic mass is 32.5. The molecule has 142 valence electrons. The van der Waals surface area contributed by atoms with Crippen LogP contribution in [0, 0.1) is 0 Å². The predicted octanol–water partition coefficient (Wildman–Crippen LogP) is 0.592. The number of rotatable bonds is 8. The topological polar surface area (TPSA) is 95.8 Å². The van der Waals surface area contributed by atoms with Gasteiger partial charge in [0.2, 0.25) is 0 Å². The van der Waals surface area contributed by atoms with E-state index in [0.29, 0.717) is 0 Å². The van der Waals surface area contributed by atoms with Gasteiger partial charge < -0.3 is 33.5 Å². The van der Waals surface area contributed by atoms with Crippen LogP contribution in [0.4, 0.5) is 0 Å². The maximum absolute atomic E-state index is 10.3. The van der Waals surface area contributed by atoms with E-state index >= 15 is 0 Å². The number of ether oxygens (including phenoxy) is 4. The van der Waals surface area contributed by atoms with Gasteiger partial charge in [0.25, 0.3) is 0 Å². The lowest BCUT2D eigenvalue weighted by molar-refractivity contribution is -0.0334. The van der Waals surface area contributed by atoms with E-state index in [-0.39, 0.29) is 31.5 Å². The Morgan fingerprint density at radius 2 is 1.88 bits per heavy atom. The number of hydrogen-bond acceptors (Lipinski definition) is 8. The van der Waals surface area contributed by atoms with Gasteiger partial charge in [-0.2, -0.15) is 0 Å². The van der Waals surface area contributed by atoms with Crippen LogP contribution in [0.5, 0.6) is 0 Å². The van der Waals surface area contributed by atoms with E-state index in [1.165, 1.54) is 7.11 Å². The second-order valence-corrected chi connectivity index (χ2v) is 8.95. The SMILES string of the molecule is COC[C@H]1O[C@@H](C)[C@H](OP(O)(=S)OCC2O[C@@H](C)C[C@@H]2OC)[C@@H]1O. The average molecular weight is 386 g/mol. The molecule has 2 saturated heterocycles. The minimum atomic E-state index is -3.55. The molecule has 8 atom stereocenters. The monoisotopic (exact) mass is 386 g/mol. The van der Waals surface area contributed by atoms with E-state index in [0.717, 1.165) is 6.42 Å².